The Hall–Kier alpha value is -1.85. The Bertz CT molecular complexity index is 1230. The van der Waals surface area contributed by atoms with Crippen LogP contribution in [0.25, 0.3) is 0 Å². The quantitative estimate of drug-likeness (QED) is 0.0261. The molecule has 0 aliphatic rings. The summed E-state index contributed by atoms with van der Waals surface area (Å²) >= 11 is 0. The van der Waals surface area contributed by atoms with Gasteiger partial charge in [-0.25, -0.2) is 0 Å². The molecule has 0 aromatic rings. The van der Waals surface area contributed by atoms with Gasteiger partial charge in [0.05, 0.1) is 0 Å². The van der Waals surface area contributed by atoms with E-state index >= 15 is 0 Å². The lowest BCUT2D eigenvalue weighted by molar-refractivity contribution is -0.167. The highest BCUT2D eigenvalue weighted by Crippen LogP contribution is 2.19. The van der Waals surface area contributed by atoms with Gasteiger partial charge in [0.1, 0.15) is 13.2 Å². The topological polar surface area (TPSA) is 78.9 Å². The first-order chi connectivity index (χ1) is 39.0. The third-order valence-corrected chi connectivity index (χ3v) is 16.8. The summed E-state index contributed by atoms with van der Waals surface area (Å²) in [5.41, 5.74) is 0. The molecule has 0 amide bonds. The Balaban J connectivity index is 3.99. The van der Waals surface area contributed by atoms with Crippen LogP contribution in [0.5, 0.6) is 0 Å². The van der Waals surface area contributed by atoms with E-state index in [4.69, 9.17) is 14.2 Å². The number of rotatable bonds is 68. The second-order valence-electron chi connectivity index (χ2n) is 24.9. The number of unbranched alkanes of at least 4 members (excludes halogenated alkanes) is 55. The number of carbonyl (C=O) groups excluding carboxylic acids is 3. The molecule has 1 atom stereocenters. The first-order valence-electron chi connectivity index (χ1n) is 36.2. The van der Waals surface area contributed by atoms with E-state index in [-0.39, 0.29) is 31.1 Å². The van der Waals surface area contributed by atoms with Crippen LogP contribution in [0.1, 0.15) is 419 Å². The normalized spacial score (nSPS) is 12.0. The van der Waals surface area contributed by atoms with Crippen LogP contribution < -0.4 is 0 Å². The fourth-order valence-corrected chi connectivity index (χ4v) is 11.3. The molecule has 0 radical (unpaired) electrons. The third kappa shape index (κ3) is 66.8. The van der Waals surface area contributed by atoms with Gasteiger partial charge in [-0.1, -0.05) is 367 Å². The molecule has 0 aromatic heterocycles. The maximum Gasteiger partial charge on any atom is 0.306 e. The average molecular weight is 1110 g/mol. The predicted molar refractivity (Wildman–Crippen MR) is 344 cm³/mol. The van der Waals surface area contributed by atoms with Crippen molar-refractivity contribution in [2.45, 2.75) is 425 Å². The fraction of sp³-hybridized carbons (Fsp3) is 0.932. The third-order valence-electron chi connectivity index (χ3n) is 16.8. The summed E-state index contributed by atoms with van der Waals surface area (Å²) < 4.78 is 17.0. The van der Waals surface area contributed by atoms with Crippen molar-refractivity contribution in [1.82, 2.24) is 0 Å². The molecule has 79 heavy (non-hydrogen) atoms. The molecule has 0 aliphatic heterocycles. The summed E-state index contributed by atoms with van der Waals surface area (Å²) in [6, 6.07) is 0. The van der Waals surface area contributed by atoms with Gasteiger partial charge in [-0.3, -0.25) is 14.4 Å². The number of allylic oxidation sites excluding steroid dienone is 2. The van der Waals surface area contributed by atoms with Crippen molar-refractivity contribution in [1.29, 1.82) is 0 Å². The summed E-state index contributed by atoms with van der Waals surface area (Å²) in [6.07, 6.45) is 82.7. The standard InChI is InChI=1S/C73H140O6/c1-4-7-10-13-16-19-22-25-27-28-29-30-31-32-33-34-35-36-37-38-39-40-41-42-43-44-45-46-47-49-51-54-57-60-63-66-72(75)78-69-70(68-77-71(74)65-62-59-56-53-50-24-21-18-15-12-9-6-3)79-73(76)67-64-61-58-55-52-48-26-23-20-17-14-11-8-5-2/h28-29,70H,4-27,30-69H2,1-3H3/b29-28-. The highest BCUT2D eigenvalue weighted by molar-refractivity contribution is 5.71. The smallest absolute Gasteiger partial charge is 0.306 e. The Morgan fingerprint density at radius 3 is 0.633 bits per heavy atom. The largest absolute Gasteiger partial charge is 0.462 e. The predicted octanol–water partition coefficient (Wildman–Crippen LogP) is 24.8. The Labute approximate surface area is 494 Å². The summed E-state index contributed by atoms with van der Waals surface area (Å²) in [4.78, 5) is 38.3. The van der Waals surface area contributed by atoms with E-state index < -0.39 is 6.10 Å². The molecule has 0 saturated heterocycles. The number of esters is 3. The molecular formula is C73H140O6. The van der Waals surface area contributed by atoms with Crippen molar-refractivity contribution in [3.63, 3.8) is 0 Å². The maximum atomic E-state index is 12.9. The highest BCUT2D eigenvalue weighted by Gasteiger charge is 2.19. The number of hydrogen-bond acceptors (Lipinski definition) is 6. The lowest BCUT2D eigenvalue weighted by atomic mass is 10.0. The van der Waals surface area contributed by atoms with Gasteiger partial charge in [0, 0.05) is 19.3 Å². The molecule has 468 valence electrons. The van der Waals surface area contributed by atoms with Crippen LogP contribution in [0, 0.1) is 0 Å². The molecule has 0 heterocycles. The monoisotopic (exact) mass is 1110 g/mol. The average Bonchev–Trinajstić information content (AvgIpc) is 3.45. The van der Waals surface area contributed by atoms with E-state index in [1.165, 1.54) is 321 Å². The van der Waals surface area contributed by atoms with Crippen LogP contribution in [-0.2, 0) is 28.6 Å². The van der Waals surface area contributed by atoms with Gasteiger partial charge in [-0.05, 0) is 44.9 Å². The lowest BCUT2D eigenvalue weighted by Crippen LogP contribution is -2.30. The zero-order valence-corrected chi connectivity index (χ0v) is 53.9. The summed E-state index contributed by atoms with van der Waals surface area (Å²) in [5, 5.41) is 0. The number of carbonyl (C=O) groups is 3. The summed E-state index contributed by atoms with van der Waals surface area (Å²) in [7, 11) is 0. The molecule has 6 nitrogen and oxygen atoms in total. The van der Waals surface area contributed by atoms with Crippen LogP contribution in [0.4, 0.5) is 0 Å². The van der Waals surface area contributed by atoms with E-state index in [1.54, 1.807) is 0 Å². The Morgan fingerprint density at radius 1 is 0.241 bits per heavy atom. The van der Waals surface area contributed by atoms with E-state index in [0.717, 1.165) is 57.8 Å². The molecule has 0 fully saturated rings. The minimum Gasteiger partial charge on any atom is -0.462 e. The molecule has 0 rings (SSSR count). The zero-order chi connectivity index (χ0) is 57.1. The van der Waals surface area contributed by atoms with E-state index in [1.807, 2.05) is 0 Å². The van der Waals surface area contributed by atoms with Crippen LogP contribution in [-0.4, -0.2) is 37.2 Å². The first-order valence-corrected chi connectivity index (χ1v) is 36.2. The summed E-state index contributed by atoms with van der Waals surface area (Å²) in [6.45, 7) is 6.71. The molecule has 0 N–H and O–H groups in total. The maximum absolute atomic E-state index is 12.9. The Kier molecular flexibility index (Phi) is 67.0. The van der Waals surface area contributed by atoms with Crippen LogP contribution in [0.2, 0.25) is 0 Å². The van der Waals surface area contributed by atoms with Crippen molar-refractivity contribution in [2.24, 2.45) is 0 Å². The van der Waals surface area contributed by atoms with Crippen LogP contribution in [0.3, 0.4) is 0 Å². The van der Waals surface area contributed by atoms with Gasteiger partial charge in [-0.2, -0.15) is 0 Å². The van der Waals surface area contributed by atoms with Crippen molar-refractivity contribution in [2.75, 3.05) is 13.2 Å². The molecule has 0 aromatic carbocycles. The van der Waals surface area contributed by atoms with Gasteiger partial charge >= 0.3 is 17.9 Å². The number of ether oxygens (including phenoxy) is 3. The fourth-order valence-electron chi connectivity index (χ4n) is 11.3. The molecule has 0 saturated carbocycles. The van der Waals surface area contributed by atoms with Gasteiger partial charge < -0.3 is 14.2 Å². The molecule has 1 unspecified atom stereocenters. The second kappa shape index (κ2) is 68.6. The molecule has 0 spiro atoms. The van der Waals surface area contributed by atoms with Gasteiger partial charge in [0.15, 0.2) is 6.10 Å². The van der Waals surface area contributed by atoms with Crippen molar-refractivity contribution in [3.8, 4) is 0 Å². The minimum atomic E-state index is -0.763. The van der Waals surface area contributed by atoms with Gasteiger partial charge in [0.2, 0.25) is 0 Å². The minimum absolute atomic E-state index is 0.0618. The SMILES string of the molecule is CCCCCCCCCC/C=C\CCCCCCCCCCCCCCCCCCCCCCCCCC(=O)OCC(COC(=O)CCCCCCCCCCCCCC)OC(=O)CCCCCCCCCCCCCCCC. The van der Waals surface area contributed by atoms with E-state index in [2.05, 4.69) is 32.9 Å². The van der Waals surface area contributed by atoms with Crippen molar-refractivity contribution >= 4 is 17.9 Å². The van der Waals surface area contributed by atoms with Gasteiger partial charge in [-0.15, -0.1) is 0 Å². The molecular weight excluding hydrogens is 973 g/mol. The molecule has 6 heteroatoms. The van der Waals surface area contributed by atoms with E-state index in [0.29, 0.717) is 19.3 Å². The highest BCUT2D eigenvalue weighted by atomic mass is 16.6. The zero-order valence-electron chi connectivity index (χ0n) is 53.9. The van der Waals surface area contributed by atoms with E-state index in [9.17, 15) is 14.4 Å². The number of hydrogen-bond donors (Lipinski definition) is 0. The van der Waals surface area contributed by atoms with Crippen molar-refractivity contribution in [3.05, 3.63) is 12.2 Å². The second-order valence-corrected chi connectivity index (χ2v) is 24.9. The Morgan fingerprint density at radius 2 is 0.418 bits per heavy atom. The van der Waals surface area contributed by atoms with Gasteiger partial charge in [0.25, 0.3) is 0 Å². The molecule has 0 aliphatic carbocycles. The first kappa shape index (κ1) is 77.2. The van der Waals surface area contributed by atoms with Crippen molar-refractivity contribution < 1.29 is 28.6 Å². The van der Waals surface area contributed by atoms with Crippen LogP contribution >= 0.6 is 0 Å². The molecule has 0 bridgehead atoms. The van der Waals surface area contributed by atoms with Crippen LogP contribution in [0.15, 0.2) is 12.2 Å². The summed E-state index contributed by atoms with van der Waals surface area (Å²) in [5.74, 6) is -0.828. The lowest BCUT2D eigenvalue weighted by Gasteiger charge is -2.18.